The van der Waals surface area contributed by atoms with Gasteiger partial charge in [0.1, 0.15) is 0 Å². The Morgan fingerprint density at radius 1 is 1.67 bits per heavy atom. The van der Waals surface area contributed by atoms with Crippen LogP contribution in [-0.2, 0) is 0 Å². The highest BCUT2D eigenvalue weighted by molar-refractivity contribution is 5.53. The van der Waals surface area contributed by atoms with Crippen LogP contribution in [0, 0.1) is 0 Å². The van der Waals surface area contributed by atoms with Crippen molar-refractivity contribution < 1.29 is 0 Å². The Kier molecular flexibility index (Phi) is 1.06. The first kappa shape index (κ1) is 3.61. The largest absolute Gasteiger partial charge is 0.312 e. The molecule has 0 saturated carbocycles. The summed E-state index contributed by atoms with van der Waals surface area (Å²) < 4.78 is 0. The molecule has 0 atom stereocenters. The molecule has 2 N–H and O–H groups in total. The normalized spacial score (nSPS) is 20.0. The molecule has 0 fully saturated rings. The Hall–Kier alpha value is -0.570. The molecule has 1 aliphatic heterocycles. The summed E-state index contributed by atoms with van der Waals surface area (Å²) in [6, 6.07) is 0. The first-order chi connectivity index (χ1) is 3.00. The number of nitrogens with one attached hydrogen (secondary N) is 2. The third kappa shape index (κ3) is 0.687. The molecule has 1 heterocycles. The van der Waals surface area contributed by atoms with Gasteiger partial charge in [-0.15, -0.1) is 0 Å². The van der Waals surface area contributed by atoms with E-state index in [0.717, 1.165) is 13.1 Å². The molecule has 3 nitrogen and oxygen atoms in total. The SMILES string of the molecule is C1=NCCNN1. The summed E-state index contributed by atoms with van der Waals surface area (Å²) in [5, 5.41) is 0. The zero-order valence-electron chi connectivity index (χ0n) is 3.44. The highest BCUT2D eigenvalue weighted by Gasteiger charge is 1.83. The van der Waals surface area contributed by atoms with E-state index in [9.17, 15) is 0 Å². The minimum Gasteiger partial charge on any atom is -0.312 e. The van der Waals surface area contributed by atoms with Crippen molar-refractivity contribution in [2.24, 2.45) is 4.99 Å². The Morgan fingerprint density at radius 2 is 2.67 bits per heavy atom. The Balaban J connectivity index is 2.26. The predicted octanol–water partition coefficient (Wildman–Crippen LogP) is -0.878. The molecule has 0 amide bonds. The molecule has 34 valence electrons. The van der Waals surface area contributed by atoms with E-state index in [4.69, 9.17) is 0 Å². The zero-order valence-corrected chi connectivity index (χ0v) is 3.44. The van der Waals surface area contributed by atoms with Crippen molar-refractivity contribution in [1.82, 2.24) is 10.9 Å². The third-order valence-electron chi connectivity index (χ3n) is 0.624. The molecule has 0 bridgehead atoms. The smallest absolute Gasteiger partial charge is 0.0966 e. The van der Waals surface area contributed by atoms with E-state index >= 15 is 0 Å². The molecule has 6 heavy (non-hydrogen) atoms. The summed E-state index contributed by atoms with van der Waals surface area (Å²) in [5.74, 6) is 0. The van der Waals surface area contributed by atoms with Crippen LogP contribution in [0.4, 0.5) is 0 Å². The lowest BCUT2D eigenvalue weighted by atomic mass is 10.6. The van der Waals surface area contributed by atoms with Crippen molar-refractivity contribution in [3.05, 3.63) is 0 Å². The number of hydrogen-bond acceptors (Lipinski definition) is 3. The summed E-state index contributed by atoms with van der Waals surface area (Å²) in [6.07, 6.45) is 1.66. The summed E-state index contributed by atoms with van der Waals surface area (Å²) in [5.41, 5.74) is 5.63. The first-order valence-corrected chi connectivity index (χ1v) is 1.97. The van der Waals surface area contributed by atoms with Gasteiger partial charge in [0.2, 0.25) is 0 Å². The second-order valence-corrected chi connectivity index (χ2v) is 1.11. The van der Waals surface area contributed by atoms with Crippen molar-refractivity contribution in [1.29, 1.82) is 0 Å². The lowest BCUT2D eigenvalue weighted by Crippen LogP contribution is -2.36. The van der Waals surface area contributed by atoms with Gasteiger partial charge in [0.05, 0.1) is 12.9 Å². The highest BCUT2D eigenvalue weighted by Crippen LogP contribution is 1.65. The lowest BCUT2D eigenvalue weighted by molar-refractivity contribution is 0.638. The molecule has 3 heteroatoms. The molecular weight excluding hydrogens is 78.1 g/mol. The van der Waals surface area contributed by atoms with Gasteiger partial charge in [0, 0.05) is 6.54 Å². The van der Waals surface area contributed by atoms with Gasteiger partial charge in [-0.3, -0.25) is 4.99 Å². The molecule has 0 aromatic carbocycles. The summed E-state index contributed by atoms with van der Waals surface area (Å²) >= 11 is 0. The number of hydrogen-bond donors (Lipinski definition) is 2. The monoisotopic (exact) mass is 85.1 g/mol. The summed E-state index contributed by atoms with van der Waals surface area (Å²) in [7, 11) is 0. The van der Waals surface area contributed by atoms with E-state index in [1.54, 1.807) is 6.34 Å². The Labute approximate surface area is 36.4 Å². The summed E-state index contributed by atoms with van der Waals surface area (Å²) in [6.45, 7) is 1.84. The average molecular weight is 85.1 g/mol. The van der Waals surface area contributed by atoms with E-state index < -0.39 is 0 Å². The van der Waals surface area contributed by atoms with Crippen LogP contribution in [0.1, 0.15) is 0 Å². The molecule has 0 aliphatic carbocycles. The number of nitrogens with zero attached hydrogens (tertiary/aromatic N) is 1. The number of hydrazine groups is 1. The minimum absolute atomic E-state index is 0.896. The molecule has 0 unspecified atom stereocenters. The van der Waals surface area contributed by atoms with Crippen molar-refractivity contribution in [2.75, 3.05) is 13.1 Å². The van der Waals surface area contributed by atoms with Crippen LogP contribution < -0.4 is 10.9 Å². The van der Waals surface area contributed by atoms with E-state index in [1.165, 1.54) is 0 Å². The Morgan fingerprint density at radius 3 is 2.83 bits per heavy atom. The fourth-order valence-electron chi connectivity index (χ4n) is 0.348. The van der Waals surface area contributed by atoms with Gasteiger partial charge in [-0.05, 0) is 0 Å². The third-order valence-corrected chi connectivity index (χ3v) is 0.624. The quantitative estimate of drug-likeness (QED) is 0.401. The minimum atomic E-state index is 0.896. The van der Waals surface area contributed by atoms with Crippen LogP contribution in [0.3, 0.4) is 0 Å². The maximum absolute atomic E-state index is 3.88. The van der Waals surface area contributed by atoms with Gasteiger partial charge in [-0.2, -0.15) is 0 Å². The molecule has 0 spiro atoms. The lowest BCUT2D eigenvalue weighted by Gasteiger charge is -2.04. The fourth-order valence-corrected chi connectivity index (χ4v) is 0.348. The second-order valence-electron chi connectivity index (χ2n) is 1.11. The Bertz CT molecular complexity index is 51.1. The van der Waals surface area contributed by atoms with Gasteiger partial charge in [0.15, 0.2) is 0 Å². The van der Waals surface area contributed by atoms with Crippen molar-refractivity contribution in [2.45, 2.75) is 0 Å². The van der Waals surface area contributed by atoms with Crippen molar-refractivity contribution in [3.63, 3.8) is 0 Å². The molecule has 0 aromatic heterocycles. The van der Waals surface area contributed by atoms with E-state index in [2.05, 4.69) is 15.8 Å². The molecule has 1 rings (SSSR count). The van der Waals surface area contributed by atoms with E-state index in [-0.39, 0.29) is 0 Å². The second kappa shape index (κ2) is 1.77. The van der Waals surface area contributed by atoms with Gasteiger partial charge in [-0.25, -0.2) is 5.43 Å². The van der Waals surface area contributed by atoms with Crippen LogP contribution in [0.15, 0.2) is 4.99 Å². The van der Waals surface area contributed by atoms with Crippen LogP contribution in [0.25, 0.3) is 0 Å². The molecule has 0 saturated heterocycles. The zero-order chi connectivity index (χ0) is 4.24. The van der Waals surface area contributed by atoms with Crippen molar-refractivity contribution in [3.8, 4) is 0 Å². The van der Waals surface area contributed by atoms with Gasteiger partial charge in [-0.1, -0.05) is 0 Å². The van der Waals surface area contributed by atoms with Gasteiger partial charge < -0.3 is 5.43 Å². The average Bonchev–Trinajstić information content (AvgIpc) is 1.72. The maximum atomic E-state index is 3.88. The van der Waals surface area contributed by atoms with Crippen LogP contribution in [0.5, 0.6) is 0 Å². The molecular formula is C3H7N3. The van der Waals surface area contributed by atoms with Crippen LogP contribution in [-0.4, -0.2) is 19.4 Å². The molecule has 0 radical (unpaired) electrons. The molecule has 1 aliphatic rings. The number of rotatable bonds is 0. The number of aliphatic imine (C=N–C) groups is 1. The summed E-state index contributed by atoms with van der Waals surface area (Å²) in [4.78, 5) is 3.88. The van der Waals surface area contributed by atoms with Gasteiger partial charge >= 0.3 is 0 Å². The van der Waals surface area contributed by atoms with Crippen LogP contribution in [0.2, 0.25) is 0 Å². The predicted molar refractivity (Wildman–Crippen MR) is 24.5 cm³/mol. The van der Waals surface area contributed by atoms with Gasteiger partial charge in [0.25, 0.3) is 0 Å². The first-order valence-electron chi connectivity index (χ1n) is 1.97. The van der Waals surface area contributed by atoms with Crippen LogP contribution >= 0.6 is 0 Å². The van der Waals surface area contributed by atoms with Crippen molar-refractivity contribution >= 4 is 6.34 Å². The maximum Gasteiger partial charge on any atom is 0.0966 e. The topological polar surface area (TPSA) is 36.4 Å². The highest BCUT2D eigenvalue weighted by atomic mass is 15.4. The fraction of sp³-hybridized carbons (Fsp3) is 0.667. The molecule has 0 aromatic rings. The standard InChI is InChI=1S/C3H7N3/c1-2-5-6-3-4-1/h3,5H,1-2H2,(H,4,6). The van der Waals surface area contributed by atoms with E-state index in [0.29, 0.717) is 0 Å². The van der Waals surface area contributed by atoms with E-state index in [1.807, 2.05) is 0 Å².